The number of rotatable bonds is 11. The van der Waals surface area contributed by atoms with Crippen LogP contribution in [0.4, 0.5) is 11.4 Å². The quantitative estimate of drug-likeness (QED) is 0.150. The van der Waals surface area contributed by atoms with Gasteiger partial charge in [0.25, 0.3) is 11.8 Å². The third kappa shape index (κ3) is 6.95. The summed E-state index contributed by atoms with van der Waals surface area (Å²) in [6, 6.07) is 21.8. The van der Waals surface area contributed by atoms with Gasteiger partial charge in [0.1, 0.15) is 5.58 Å². The molecule has 5 rings (SSSR count). The normalized spacial score (nSPS) is 16.6. The average molecular weight is 556 g/mol. The third-order valence-electron chi connectivity index (χ3n) is 6.93. The molecule has 1 aromatic heterocycles. The molecule has 2 heterocycles. The predicted molar refractivity (Wildman–Crippen MR) is 156 cm³/mol. The molecule has 1 aliphatic rings. The summed E-state index contributed by atoms with van der Waals surface area (Å²) in [5, 5.41) is 15.8. The van der Waals surface area contributed by atoms with Gasteiger partial charge in [-0.05, 0) is 54.8 Å². The Kier molecular flexibility index (Phi) is 8.98. The maximum atomic E-state index is 13.2. The number of allylic oxidation sites excluding steroid dienone is 1. The number of aliphatic hydroxyl groups is 1. The zero-order chi connectivity index (χ0) is 28.6. The molecular formula is C32H33N3O6. The van der Waals surface area contributed by atoms with Crippen molar-refractivity contribution in [3.8, 4) is 0 Å². The molecule has 5 N–H and O–H groups in total. The van der Waals surface area contributed by atoms with Crippen molar-refractivity contribution in [3.05, 3.63) is 108 Å². The number of unbranched alkanes of at least 4 members (excludes halogenated alkanes) is 1. The highest BCUT2D eigenvalue weighted by Gasteiger charge is 2.30. The first-order valence-corrected chi connectivity index (χ1v) is 13.6. The van der Waals surface area contributed by atoms with Crippen molar-refractivity contribution in [2.75, 3.05) is 24.3 Å². The van der Waals surface area contributed by atoms with Crippen molar-refractivity contribution in [3.63, 3.8) is 0 Å². The van der Waals surface area contributed by atoms with E-state index in [0.29, 0.717) is 42.8 Å². The van der Waals surface area contributed by atoms with E-state index in [4.69, 9.17) is 24.7 Å². The van der Waals surface area contributed by atoms with Crippen molar-refractivity contribution in [1.82, 2.24) is 5.32 Å². The molecule has 0 aliphatic carbocycles. The number of aliphatic hydroxyl groups excluding tert-OH is 1. The standard InChI is InChI=1S/C32H33N3O6/c33-26-8-2-3-9-27(26)35-31(37)22-13-11-21(12-14-22)19-34-32(38)29-17-23(18-30(41-29)39-16-6-5-15-36)25-20-40-28-10-4-1-7-24(25)28/h1-4,7-14,17,20,23,30,36H,5-6,15-16,18-19,33H2,(H,34,38)(H,35,37)/t23-,30+/m0/s1. The van der Waals surface area contributed by atoms with Gasteiger partial charge in [-0.2, -0.15) is 0 Å². The molecule has 212 valence electrons. The number of hydrogen-bond donors (Lipinski definition) is 4. The van der Waals surface area contributed by atoms with Crippen LogP contribution in [-0.4, -0.2) is 36.4 Å². The summed E-state index contributed by atoms with van der Waals surface area (Å²) in [5.74, 6) is -0.613. The minimum atomic E-state index is -0.616. The molecule has 0 unspecified atom stereocenters. The van der Waals surface area contributed by atoms with E-state index in [-0.39, 0.29) is 36.6 Å². The lowest BCUT2D eigenvalue weighted by atomic mass is 9.92. The first-order chi connectivity index (χ1) is 20.0. The SMILES string of the molecule is Nc1ccccc1NC(=O)c1ccc(CNC(=O)C2=C[C@H](c3coc4ccccc34)C[C@H](OCCCCO)O2)cc1. The number of hydrogen-bond acceptors (Lipinski definition) is 7. The summed E-state index contributed by atoms with van der Waals surface area (Å²) in [6.45, 7) is 0.754. The summed E-state index contributed by atoms with van der Waals surface area (Å²) in [6.07, 6.45) is 4.76. The summed E-state index contributed by atoms with van der Waals surface area (Å²) in [7, 11) is 0. The zero-order valence-electron chi connectivity index (χ0n) is 22.5. The third-order valence-corrected chi connectivity index (χ3v) is 6.93. The van der Waals surface area contributed by atoms with E-state index < -0.39 is 6.29 Å². The molecule has 3 aromatic carbocycles. The Morgan fingerprint density at radius 3 is 2.56 bits per heavy atom. The van der Waals surface area contributed by atoms with Gasteiger partial charge in [0, 0.05) is 42.0 Å². The lowest BCUT2D eigenvalue weighted by Crippen LogP contribution is -2.32. The lowest BCUT2D eigenvalue weighted by molar-refractivity contribution is -0.146. The Morgan fingerprint density at radius 1 is 0.976 bits per heavy atom. The molecule has 0 spiro atoms. The van der Waals surface area contributed by atoms with Gasteiger partial charge in [0.2, 0.25) is 6.29 Å². The van der Waals surface area contributed by atoms with Crippen LogP contribution in [0.25, 0.3) is 11.0 Å². The minimum Gasteiger partial charge on any atom is -0.464 e. The lowest BCUT2D eigenvalue weighted by Gasteiger charge is -2.29. The van der Waals surface area contributed by atoms with Gasteiger partial charge >= 0.3 is 0 Å². The van der Waals surface area contributed by atoms with Crippen LogP contribution in [0.3, 0.4) is 0 Å². The molecule has 2 atom stereocenters. The highest BCUT2D eigenvalue weighted by molar-refractivity contribution is 6.05. The summed E-state index contributed by atoms with van der Waals surface area (Å²) >= 11 is 0. The molecule has 0 bridgehead atoms. The Morgan fingerprint density at radius 2 is 1.76 bits per heavy atom. The van der Waals surface area contributed by atoms with Crippen molar-refractivity contribution in [2.45, 2.75) is 38.0 Å². The first kappa shape index (κ1) is 27.9. The number of carbonyl (C=O) groups is 2. The predicted octanol–water partition coefficient (Wildman–Crippen LogP) is 5.09. The van der Waals surface area contributed by atoms with Crippen LogP contribution in [0.5, 0.6) is 0 Å². The number of nitrogens with two attached hydrogens (primary N) is 1. The Bertz CT molecular complexity index is 1530. The molecule has 41 heavy (non-hydrogen) atoms. The van der Waals surface area contributed by atoms with E-state index in [9.17, 15) is 9.59 Å². The van der Waals surface area contributed by atoms with Crippen LogP contribution in [0.15, 0.2) is 95.3 Å². The first-order valence-electron chi connectivity index (χ1n) is 13.6. The largest absolute Gasteiger partial charge is 0.464 e. The Hall–Kier alpha value is -4.60. The summed E-state index contributed by atoms with van der Waals surface area (Å²) in [4.78, 5) is 25.8. The number of para-hydroxylation sites is 3. The van der Waals surface area contributed by atoms with Gasteiger partial charge in [0.15, 0.2) is 5.76 Å². The van der Waals surface area contributed by atoms with Gasteiger partial charge in [0.05, 0.1) is 24.2 Å². The molecule has 4 aromatic rings. The van der Waals surface area contributed by atoms with Crippen LogP contribution in [-0.2, 0) is 20.8 Å². The number of amides is 2. The number of fused-ring (bicyclic) bond motifs is 1. The molecule has 0 saturated carbocycles. The van der Waals surface area contributed by atoms with E-state index >= 15 is 0 Å². The van der Waals surface area contributed by atoms with Gasteiger partial charge in [-0.25, -0.2) is 0 Å². The van der Waals surface area contributed by atoms with E-state index in [2.05, 4.69) is 10.6 Å². The van der Waals surface area contributed by atoms with E-state index in [1.165, 1.54) is 0 Å². The zero-order valence-corrected chi connectivity index (χ0v) is 22.5. The highest BCUT2D eigenvalue weighted by Crippen LogP contribution is 2.36. The molecule has 2 amide bonds. The van der Waals surface area contributed by atoms with Crippen LogP contribution in [0.2, 0.25) is 0 Å². The van der Waals surface area contributed by atoms with E-state index in [0.717, 1.165) is 22.1 Å². The fourth-order valence-corrected chi connectivity index (χ4v) is 4.70. The number of nitrogens with one attached hydrogen (secondary N) is 2. The van der Waals surface area contributed by atoms with Gasteiger partial charge in [-0.15, -0.1) is 0 Å². The monoisotopic (exact) mass is 555 g/mol. The number of benzene rings is 3. The number of furan rings is 1. The second kappa shape index (κ2) is 13.2. The fraction of sp³-hybridized carbons (Fsp3) is 0.250. The highest BCUT2D eigenvalue weighted by atomic mass is 16.7. The molecule has 1 aliphatic heterocycles. The van der Waals surface area contributed by atoms with E-state index in [1.807, 2.05) is 30.3 Å². The molecular weight excluding hydrogens is 522 g/mol. The van der Waals surface area contributed by atoms with E-state index in [1.54, 1.807) is 54.8 Å². The van der Waals surface area contributed by atoms with Crippen LogP contribution >= 0.6 is 0 Å². The molecule has 0 saturated heterocycles. The topological polar surface area (TPSA) is 136 Å². The molecule has 0 radical (unpaired) electrons. The molecule has 9 nitrogen and oxygen atoms in total. The van der Waals surface area contributed by atoms with Crippen LogP contribution in [0.1, 0.15) is 46.7 Å². The number of carbonyl (C=O) groups excluding carboxylic acids is 2. The second-order valence-corrected chi connectivity index (χ2v) is 9.83. The fourth-order valence-electron chi connectivity index (χ4n) is 4.70. The van der Waals surface area contributed by atoms with Gasteiger partial charge < -0.3 is 35.4 Å². The summed E-state index contributed by atoms with van der Waals surface area (Å²) in [5.41, 5.74) is 9.98. The molecule has 9 heteroatoms. The smallest absolute Gasteiger partial charge is 0.286 e. The second-order valence-electron chi connectivity index (χ2n) is 9.83. The number of nitrogen functional groups attached to an aromatic ring is 1. The Balaban J connectivity index is 1.24. The maximum absolute atomic E-state index is 13.2. The molecule has 0 fully saturated rings. The van der Waals surface area contributed by atoms with Crippen LogP contribution in [0, 0.1) is 0 Å². The number of ether oxygens (including phenoxy) is 2. The summed E-state index contributed by atoms with van der Waals surface area (Å²) < 4.78 is 17.6. The van der Waals surface area contributed by atoms with Crippen molar-refractivity contribution < 1.29 is 28.6 Å². The van der Waals surface area contributed by atoms with Crippen molar-refractivity contribution >= 4 is 34.2 Å². The van der Waals surface area contributed by atoms with Gasteiger partial charge in [-0.1, -0.05) is 42.5 Å². The Labute approximate surface area is 237 Å². The number of anilines is 2. The van der Waals surface area contributed by atoms with Crippen molar-refractivity contribution in [2.24, 2.45) is 0 Å². The average Bonchev–Trinajstić information content (AvgIpc) is 3.44. The van der Waals surface area contributed by atoms with Crippen molar-refractivity contribution in [1.29, 1.82) is 0 Å². The van der Waals surface area contributed by atoms with Crippen LogP contribution < -0.4 is 16.4 Å². The maximum Gasteiger partial charge on any atom is 0.286 e. The minimum absolute atomic E-state index is 0.0966. The van der Waals surface area contributed by atoms with Gasteiger partial charge in [-0.3, -0.25) is 9.59 Å².